The first-order valence-electron chi connectivity index (χ1n) is 9.21. The molecule has 2 aromatic carbocycles. The standard InChI is InChI=1S/C12H9ClN2O.C6H6ClN.C6H4N2.CH4.2B/c13-9-3-4-11(14)10(6-9)12(16)8-2-1-5-15-7-8;7-5-1-3-6(8)4-2-5;7-4-6-2-1-3-8-5-6;;;/h1-7H,14H2;1-4H,8H2;1-3,5H;1H4;;. The lowest BCUT2D eigenvalue weighted by Gasteiger charge is -2.04. The first-order valence-corrected chi connectivity index (χ1v) is 9.97. The summed E-state index contributed by atoms with van der Waals surface area (Å²) in [6.45, 7) is 0. The zero-order valence-electron chi connectivity index (χ0n) is 18.0. The minimum absolute atomic E-state index is 0. The first kappa shape index (κ1) is 33.4. The summed E-state index contributed by atoms with van der Waals surface area (Å²) < 4.78 is 0. The van der Waals surface area contributed by atoms with Gasteiger partial charge in [0.15, 0.2) is 5.78 Å². The van der Waals surface area contributed by atoms with E-state index in [1.807, 2.05) is 6.07 Å². The molecule has 0 aliphatic rings. The maximum Gasteiger partial charge on any atom is 0.196 e. The molecule has 0 amide bonds. The number of benzene rings is 2. The first-order chi connectivity index (χ1) is 15.4. The van der Waals surface area contributed by atoms with E-state index in [4.69, 9.17) is 39.9 Å². The molecule has 4 rings (SSSR count). The Morgan fingerprint density at radius 3 is 1.86 bits per heavy atom. The van der Waals surface area contributed by atoms with Crippen molar-refractivity contribution >= 4 is 57.2 Å². The van der Waals surface area contributed by atoms with Gasteiger partial charge >= 0.3 is 0 Å². The van der Waals surface area contributed by atoms with Gasteiger partial charge in [-0.2, -0.15) is 5.26 Å². The zero-order valence-corrected chi connectivity index (χ0v) is 19.5. The number of nitrogen functional groups attached to an aromatic ring is 2. The number of halogens is 2. The van der Waals surface area contributed by atoms with Crippen LogP contribution in [0, 0.1) is 11.3 Å². The molecule has 4 aromatic rings. The van der Waals surface area contributed by atoms with Crippen molar-refractivity contribution in [2.24, 2.45) is 0 Å². The number of nitrogens with two attached hydrogens (primary N) is 2. The number of anilines is 2. The normalized spacial score (nSPS) is 8.49. The molecule has 174 valence electrons. The highest BCUT2D eigenvalue weighted by atomic mass is 35.5. The van der Waals surface area contributed by atoms with E-state index < -0.39 is 0 Å². The van der Waals surface area contributed by atoms with Crippen LogP contribution in [0.3, 0.4) is 0 Å². The maximum absolute atomic E-state index is 12.0. The summed E-state index contributed by atoms with van der Waals surface area (Å²) in [5, 5.41) is 9.46. The minimum atomic E-state index is -0.173. The van der Waals surface area contributed by atoms with Crippen LogP contribution in [-0.2, 0) is 0 Å². The molecule has 2 heterocycles. The van der Waals surface area contributed by atoms with Crippen LogP contribution in [-0.4, -0.2) is 32.6 Å². The highest BCUT2D eigenvalue weighted by Gasteiger charge is 2.12. The summed E-state index contributed by atoms with van der Waals surface area (Å²) in [4.78, 5) is 19.7. The van der Waals surface area contributed by atoms with Crippen molar-refractivity contribution in [1.82, 2.24) is 9.97 Å². The molecule has 2 aromatic heterocycles. The number of aromatic nitrogens is 2. The molecule has 0 bridgehead atoms. The van der Waals surface area contributed by atoms with Crippen LogP contribution in [0.15, 0.2) is 91.5 Å². The third-order valence-electron chi connectivity index (χ3n) is 3.84. The number of pyridine rings is 2. The predicted octanol–water partition coefficient (Wildman–Crippen LogP) is 5.30. The molecule has 0 fully saturated rings. The van der Waals surface area contributed by atoms with Gasteiger partial charge in [0.25, 0.3) is 0 Å². The number of ketones is 1. The van der Waals surface area contributed by atoms with Crippen LogP contribution in [0.25, 0.3) is 0 Å². The number of nitrogens with zero attached hydrogens (tertiary/aromatic N) is 3. The Kier molecular flexibility index (Phi) is 16.8. The lowest BCUT2D eigenvalue weighted by Crippen LogP contribution is -2.05. The highest BCUT2D eigenvalue weighted by Crippen LogP contribution is 2.20. The van der Waals surface area contributed by atoms with Gasteiger partial charge < -0.3 is 11.5 Å². The Morgan fingerprint density at radius 2 is 1.40 bits per heavy atom. The minimum Gasteiger partial charge on any atom is -0.399 e. The van der Waals surface area contributed by atoms with Crippen molar-refractivity contribution in [2.75, 3.05) is 11.5 Å². The van der Waals surface area contributed by atoms with Gasteiger partial charge in [-0.3, -0.25) is 14.8 Å². The van der Waals surface area contributed by atoms with Gasteiger partial charge in [-0.25, -0.2) is 0 Å². The van der Waals surface area contributed by atoms with E-state index in [1.54, 1.807) is 79.1 Å². The van der Waals surface area contributed by atoms with E-state index in [0.717, 1.165) is 10.7 Å². The van der Waals surface area contributed by atoms with Gasteiger partial charge in [0.2, 0.25) is 0 Å². The fraction of sp³-hybridized carbons (Fsp3) is 0.0400. The van der Waals surface area contributed by atoms with Crippen molar-refractivity contribution < 1.29 is 4.79 Å². The number of nitriles is 1. The molecule has 0 unspecified atom stereocenters. The lowest BCUT2D eigenvalue weighted by atomic mass is 10.0. The smallest absolute Gasteiger partial charge is 0.196 e. The second kappa shape index (κ2) is 17.7. The van der Waals surface area contributed by atoms with Crippen LogP contribution >= 0.6 is 23.2 Å². The molecular weight excluding hydrogens is 479 g/mol. The van der Waals surface area contributed by atoms with Gasteiger partial charge in [-0.1, -0.05) is 30.6 Å². The molecule has 0 aliphatic carbocycles. The van der Waals surface area contributed by atoms with E-state index in [2.05, 4.69) is 9.97 Å². The van der Waals surface area contributed by atoms with Gasteiger partial charge in [-0.05, 0) is 66.7 Å². The summed E-state index contributed by atoms with van der Waals surface area (Å²) in [5.74, 6) is -0.173. The molecule has 35 heavy (non-hydrogen) atoms. The van der Waals surface area contributed by atoms with Crippen LogP contribution < -0.4 is 11.5 Å². The largest absolute Gasteiger partial charge is 0.399 e. The van der Waals surface area contributed by atoms with Crippen molar-refractivity contribution in [3.05, 3.63) is 118 Å². The van der Waals surface area contributed by atoms with E-state index in [0.29, 0.717) is 27.4 Å². The summed E-state index contributed by atoms with van der Waals surface area (Å²) in [6, 6.07) is 20.7. The average molecular weight is 502 g/mol. The van der Waals surface area contributed by atoms with Crippen molar-refractivity contribution in [3.63, 3.8) is 0 Å². The van der Waals surface area contributed by atoms with Gasteiger partial charge in [0.05, 0.1) is 5.56 Å². The lowest BCUT2D eigenvalue weighted by molar-refractivity contribution is 0.103. The zero-order chi connectivity index (χ0) is 23.3. The van der Waals surface area contributed by atoms with Gasteiger partial charge in [0.1, 0.15) is 6.07 Å². The summed E-state index contributed by atoms with van der Waals surface area (Å²) in [5.41, 5.74) is 13.8. The number of rotatable bonds is 2. The molecule has 10 heteroatoms. The second-order valence-corrected chi connectivity index (χ2v) is 7.08. The highest BCUT2D eigenvalue weighted by molar-refractivity contribution is 6.31. The summed E-state index contributed by atoms with van der Waals surface area (Å²) >= 11 is 11.4. The molecule has 0 saturated carbocycles. The SMILES string of the molecule is C.N#Cc1cccnc1.Nc1ccc(Cl)cc1.Nc1ccc(Cl)cc1C(=O)c1cccnc1.[B].[B]. The Labute approximate surface area is 220 Å². The number of carbonyl (C=O) groups is 1. The third-order valence-corrected chi connectivity index (χ3v) is 4.33. The topological polar surface area (TPSA) is 119 Å². The van der Waals surface area contributed by atoms with Crippen LogP contribution in [0.2, 0.25) is 10.0 Å². The molecule has 6 nitrogen and oxygen atoms in total. The fourth-order valence-electron chi connectivity index (χ4n) is 2.27. The Bertz CT molecular complexity index is 1170. The van der Waals surface area contributed by atoms with Gasteiger partial charge in [-0.15, -0.1) is 0 Å². The van der Waals surface area contributed by atoms with Crippen molar-refractivity contribution in [1.29, 1.82) is 5.26 Å². The molecule has 0 saturated heterocycles. The number of carbonyl (C=O) groups excluding carboxylic acids is 1. The maximum atomic E-state index is 12.0. The quantitative estimate of drug-likeness (QED) is 0.218. The molecule has 0 spiro atoms. The molecular formula is C25H23B2Cl2N5O. The Morgan fingerprint density at radius 1 is 0.829 bits per heavy atom. The van der Waals surface area contributed by atoms with Crippen molar-refractivity contribution in [3.8, 4) is 6.07 Å². The average Bonchev–Trinajstić information content (AvgIpc) is 2.84. The molecule has 4 N–H and O–H groups in total. The fourth-order valence-corrected chi connectivity index (χ4v) is 2.57. The predicted molar refractivity (Wildman–Crippen MR) is 147 cm³/mol. The summed E-state index contributed by atoms with van der Waals surface area (Å²) in [6.07, 6.45) is 6.28. The monoisotopic (exact) mass is 501 g/mol. The van der Waals surface area contributed by atoms with E-state index in [1.165, 1.54) is 12.4 Å². The number of hydrogen-bond acceptors (Lipinski definition) is 6. The molecule has 6 radical (unpaired) electrons. The molecule has 0 aliphatic heterocycles. The van der Waals surface area contributed by atoms with Crippen LogP contribution in [0.4, 0.5) is 11.4 Å². The second-order valence-electron chi connectivity index (χ2n) is 6.21. The van der Waals surface area contributed by atoms with Crippen LogP contribution in [0.1, 0.15) is 28.9 Å². The van der Waals surface area contributed by atoms with Crippen LogP contribution in [0.5, 0.6) is 0 Å². The third kappa shape index (κ3) is 11.8. The van der Waals surface area contributed by atoms with Crippen molar-refractivity contribution in [2.45, 2.75) is 7.43 Å². The summed E-state index contributed by atoms with van der Waals surface area (Å²) in [7, 11) is 0. The molecule has 0 atom stereocenters. The van der Waals surface area contributed by atoms with Gasteiger partial charge in [0, 0.05) is 74.2 Å². The Hall–Kier alpha value is -3.79. The van der Waals surface area contributed by atoms with E-state index >= 15 is 0 Å². The van der Waals surface area contributed by atoms with E-state index in [-0.39, 0.29) is 30.0 Å². The Balaban J connectivity index is 0. The number of hydrogen-bond donors (Lipinski definition) is 2. The van der Waals surface area contributed by atoms with E-state index in [9.17, 15) is 4.79 Å².